The number of amides is 1. The van der Waals surface area contributed by atoms with Crippen LogP contribution in [0.15, 0.2) is 11.6 Å². The van der Waals surface area contributed by atoms with E-state index in [2.05, 4.69) is 5.43 Å². The van der Waals surface area contributed by atoms with E-state index in [9.17, 15) is 4.79 Å². The molecule has 0 radical (unpaired) electrons. The van der Waals surface area contributed by atoms with Gasteiger partial charge in [-0.15, -0.1) is 0 Å². The molecule has 1 rings (SSSR count). The SMILES string of the molecule is CC(C)C=C(C#N)C(=O)NN1CCC1. The molecule has 0 aromatic rings. The van der Waals surface area contributed by atoms with Crippen LogP contribution >= 0.6 is 0 Å². The first-order chi connectivity index (χ1) is 6.63. The Balaban J connectivity index is 2.52. The summed E-state index contributed by atoms with van der Waals surface area (Å²) in [7, 11) is 0. The van der Waals surface area contributed by atoms with Gasteiger partial charge in [0, 0.05) is 13.1 Å². The van der Waals surface area contributed by atoms with Crippen molar-refractivity contribution in [2.75, 3.05) is 13.1 Å². The van der Waals surface area contributed by atoms with Crippen molar-refractivity contribution in [3.05, 3.63) is 11.6 Å². The third kappa shape index (κ3) is 2.86. The van der Waals surface area contributed by atoms with Crippen LogP contribution < -0.4 is 5.43 Å². The van der Waals surface area contributed by atoms with E-state index in [-0.39, 0.29) is 17.4 Å². The maximum Gasteiger partial charge on any atom is 0.275 e. The van der Waals surface area contributed by atoms with Gasteiger partial charge >= 0.3 is 0 Å². The highest BCUT2D eigenvalue weighted by Gasteiger charge is 2.18. The molecule has 1 saturated heterocycles. The number of hydrazine groups is 1. The molecular formula is C10H15N3O. The van der Waals surface area contributed by atoms with E-state index in [1.807, 2.05) is 24.9 Å². The molecule has 0 spiro atoms. The zero-order valence-electron chi connectivity index (χ0n) is 8.58. The lowest BCUT2D eigenvalue weighted by atomic mass is 10.1. The van der Waals surface area contributed by atoms with Crippen molar-refractivity contribution in [3.63, 3.8) is 0 Å². The van der Waals surface area contributed by atoms with Crippen LogP contribution in [0.25, 0.3) is 0 Å². The molecule has 1 fully saturated rings. The molecule has 0 aromatic carbocycles. The standard InChI is InChI=1S/C10H15N3O/c1-8(2)6-9(7-11)10(14)12-13-4-3-5-13/h6,8H,3-5H2,1-2H3,(H,12,14). The smallest absolute Gasteiger partial charge is 0.275 e. The van der Waals surface area contributed by atoms with Gasteiger partial charge in [0.25, 0.3) is 5.91 Å². The van der Waals surface area contributed by atoms with Crippen molar-refractivity contribution in [1.82, 2.24) is 10.4 Å². The Kier molecular flexibility index (Phi) is 3.66. The number of hydrogen-bond acceptors (Lipinski definition) is 3. The van der Waals surface area contributed by atoms with Crippen LogP contribution in [0, 0.1) is 17.2 Å². The molecule has 76 valence electrons. The second kappa shape index (κ2) is 4.77. The summed E-state index contributed by atoms with van der Waals surface area (Å²) in [5, 5.41) is 10.6. The van der Waals surface area contributed by atoms with Crippen LogP contribution in [0.4, 0.5) is 0 Å². The van der Waals surface area contributed by atoms with Gasteiger partial charge in [0.1, 0.15) is 11.6 Å². The third-order valence-corrected chi connectivity index (χ3v) is 1.98. The monoisotopic (exact) mass is 193 g/mol. The van der Waals surface area contributed by atoms with Gasteiger partial charge in [-0.25, -0.2) is 5.01 Å². The summed E-state index contributed by atoms with van der Waals surface area (Å²) in [6.45, 7) is 5.64. The Morgan fingerprint density at radius 1 is 1.57 bits per heavy atom. The van der Waals surface area contributed by atoms with E-state index in [0.717, 1.165) is 19.5 Å². The number of carbonyl (C=O) groups is 1. The van der Waals surface area contributed by atoms with E-state index in [1.165, 1.54) is 0 Å². The minimum absolute atomic E-state index is 0.201. The second-order valence-electron chi connectivity index (χ2n) is 3.72. The molecule has 0 unspecified atom stereocenters. The molecule has 1 aliphatic rings. The predicted molar refractivity (Wildman–Crippen MR) is 52.9 cm³/mol. The average Bonchev–Trinajstić information content (AvgIpc) is 2.06. The Labute approximate surface area is 84.2 Å². The van der Waals surface area contributed by atoms with Crippen molar-refractivity contribution in [2.24, 2.45) is 5.92 Å². The highest BCUT2D eigenvalue weighted by atomic mass is 16.2. The number of nitriles is 1. The van der Waals surface area contributed by atoms with E-state index < -0.39 is 0 Å². The summed E-state index contributed by atoms with van der Waals surface area (Å²) in [5.74, 6) is -0.0762. The summed E-state index contributed by atoms with van der Waals surface area (Å²) in [4.78, 5) is 11.5. The van der Waals surface area contributed by atoms with Crippen molar-refractivity contribution >= 4 is 5.91 Å². The first kappa shape index (κ1) is 10.7. The highest BCUT2D eigenvalue weighted by molar-refractivity contribution is 5.96. The van der Waals surface area contributed by atoms with E-state index in [4.69, 9.17) is 5.26 Å². The molecule has 0 bridgehead atoms. The third-order valence-electron chi connectivity index (χ3n) is 1.98. The van der Waals surface area contributed by atoms with Crippen LogP contribution in [0.2, 0.25) is 0 Å². The number of carbonyl (C=O) groups excluding carboxylic acids is 1. The lowest BCUT2D eigenvalue weighted by Crippen LogP contribution is -2.50. The predicted octanol–water partition coefficient (Wildman–Crippen LogP) is 0.829. The maximum absolute atomic E-state index is 11.5. The van der Waals surface area contributed by atoms with E-state index in [1.54, 1.807) is 6.08 Å². The number of hydrogen-bond donors (Lipinski definition) is 1. The van der Waals surface area contributed by atoms with Gasteiger partial charge in [-0.3, -0.25) is 10.2 Å². The minimum atomic E-state index is -0.291. The molecule has 1 heterocycles. The number of allylic oxidation sites excluding steroid dienone is 1. The largest absolute Gasteiger partial charge is 0.284 e. The fourth-order valence-electron chi connectivity index (χ4n) is 1.13. The van der Waals surface area contributed by atoms with E-state index >= 15 is 0 Å². The summed E-state index contributed by atoms with van der Waals surface area (Å²) in [5.41, 5.74) is 2.88. The zero-order chi connectivity index (χ0) is 10.6. The number of rotatable bonds is 3. The quantitative estimate of drug-likeness (QED) is 0.533. The Morgan fingerprint density at radius 3 is 2.57 bits per heavy atom. The maximum atomic E-state index is 11.5. The molecule has 1 aliphatic heterocycles. The van der Waals surface area contributed by atoms with Gasteiger partial charge < -0.3 is 0 Å². The first-order valence-electron chi connectivity index (χ1n) is 4.81. The highest BCUT2D eigenvalue weighted by Crippen LogP contribution is 2.05. The summed E-state index contributed by atoms with van der Waals surface area (Å²) in [6, 6.07) is 1.91. The molecule has 4 heteroatoms. The second-order valence-corrected chi connectivity index (χ2v) is 3.72. The molecule has 1 N–H and O–H groups in total. The fourth-order valence-corrected chi connectivity index (χ4v) is 1.13. The summed E-state index contributed by atoms with van der Waals surface area (Å²) >= 11 is 0. The molecule has 0 atom stereocenters. The van der Waals surface area contributed by atoms with Crippen LogP contribution in [-0.2, 0) is 4.79 Å². The molecule has 1 amide bonds. The molecule has 0 aromatic heterocycles. The van der Waals surface area contributed by atoms with Gasteiger partial charge in [-0.2, -0.15) is 5.26 Å². The number of nitrogens with zero attached hydrogens (tertiary/aromatic N) is 2. The Hall–Kier alpha value is -1.34. The first-order valence-corrected chi connectivity index (χ1v) is 4.81. The van der Waals surface area contributed by atoms with Gasteiger partial charge in [-0.05, 0) is 12.3 Å². The fraction of sp³-hybridized carbons (Fsp3) is 0.600. The molecule has 0 aliphatic carbocycles. The lowest BCUT2D eigenvalue weighted by Gasteiger charge is -2.30. The summed E-state index contributed by atoms with van der Waals surface area (Å²) in [6.07, 6.45) is 2.78. The van der Waals surface area contributed by atoms with Crippen molar-refractivity contribution in [3.8, 4) is 6.07 Å². The van der Waals surface area contributed by atoms with Crippen LogP contribution in [0.3, 0.4) is 0 Å². The normalized spacial score (nSPS) is 17.4. The number of nitrogens with one attached hydrogen (secondary N) is 1. The molecule has 0 saturated carbocycles. The van der Waals surface area contributed by atoms with Gasteiger partial charge in [0.2, 0.25) is 0 Å². The summed E-state index contributed by atoms with van der Waals surface area (Å²) < 4.78 is 0. The zero-order valence-corrected chi connectivity index (χ0v) is 8.58. The Bertz CT molecular complexity index is 284. The van der Waals surface area contributed by atoms with Crippen LogP contribution in [0.5, 0.6) is 0 Å². The molecular weight excluding hydrogens is 178 g/mol. The topological polar surface area (TPSA) is 56.1 Å². The van der Waals surface area contributed by atoms with Gasteiger partial charge in [0.15, 0.2) is 0 Å². The van der Waals surface area contributed by atoms with Gasteiger partial charge in [0.05, 0.1) is 0 Å². The Morgan fingerprint density at radius 2 is 2.21 bits per heavy atom. The van der Waals surface area contributed by atoms with E-state index in [0.29, 0.717) is 0 Å². The lowest BCUT2D eigenvalue weighted by molar-refractivity contribution is -0.123. The molecule has 14 heavy (non-hydrogen) atoms. The van der Waals surface area contributed by atoms with Crippen LogP contribution in [0.1, 0.15) is 20.3 Å². The molecule has 4 nitrogen and oxygen atoms in total. The van der Waals surface area contributed by atoms with Crippen LogP contribution in [-0.4, -0.2) is 24.0 Å². The minimum Gasteiger partial charge on any atom is -0.284 e. The van der Waals surface area contributed by atoms with Crippen molar-refractivity contribution in [2.45, 2.75) is 20.3 Å². The van der Waals surface area contributed by atoms with Gasteiger partial charge in [-0.1, -0.05) is 19.9 Å². The van der Waals surface area contributed by atoms with Crippen molar-refractivity contribution in [1.29, 1.82) is 5.26 Å². The average molecular weight is 193 g/mol. The van der Waals surface area contributed by atoms with Crippen molar-refractivity contribution < 1.29 is 4.79 Å².